The van der Waals surface area contributed by atoms with E-state index in [1.165, 1.54) is 0 Å². The van der Waals surface area contributed by atoms with Crippen molar-refractivity contribution in [1.82, 2.24) is 0 Å². The van der Waals surface area contributed by atoms with Crippen molar-refractivity contribution in [3.05, 3.63) is 0 Å². The van der Waals surface area contributed by atoms with Crippen LogP contribution in [0.5, 0.6) is 0 Å². The molecule has 0 atom stereocenters. The molecule has 0 aliphatic heterocycles. The summed E-state index contributed by atoms with van der Waals surface area (Å²) in [4.78, 5) is 43.3. The summed E-state index contributed by atoms with van der Waals surface area (Å²) in [6.45, 7) is 0. The second-order valence-corrected chi connectivity index (χ2v) is 2.52. The summed E-state index contributed by atoms with van der Waals surface area (Å²) < 4.78 is 10.2. The molecule has 0 aliphatic rings. The quantitative estimate of drug-likeness (QED) is 0.174. The van der Waals surface area contributed by atoms with Crippen LogP contribution in [0.2, 0.25) is 0 Å². The van der Waals surface area contributed by atoms with Crippen molar-refractivity contribution >= 4 is 102 Å². The predicted octanol–water partition coefficient (Wildman–Crippen LogP) is -5.19. The average molecular weight is 415 g/mol. The molecule has 13 heteroatoms. The van der Waals surface area contributed by atoms with Gasteiger partial charge in [0, 0.05) is 35.6 Å². The van der Waals surface area contributed by atoms with Crippen molar-refractivity contribution in [3.8, 4) is 0 Å². The molecule has 73 valence electrons. The summed E-state index contributed by atoms with van der Waals surface area (Å²) in [6.07, 6.45) is 0. The fourth-order valence-corrected chi connectivity index (χ4v) is 0. The van der Waals surface area contributed by atoms with Crippen LogP contribution in [0.3, 0.4) is 0 Å². The van der Waals surface area contributed by atoms with Gasteiger partial charge in [0.15, 0.2) is 17.4 Å². The maximum absolute atomic E-state index is 10.2. The second kappa shape index (κ2) is 21.6. The molecule has 0 aromatic carbocycles. The van der Waals surface area contributed by atoms with Crippen LogP contribution in [0.1, 0.15) is 0 Å². The van der Waals surface area contributed by atoms with Gasteiger partial charge in [-0.3, -0.25) is 0 Å². The molecular weight excluding hydrogens is 403 g/mol. The molecule has 0 fully saturated rings. The first-order chi connectivity index (χ1) is 3.73. The van der Waals surface area contributed by atoms with E-state index in [1.54, 1.807) is 0 Å². The summed E-state index contributed by atoms with van der Waals surface area (Å²) in [5, 5.41) is 0. The Hall–Kier alpha value is 4.32. The van der Waals surface area contributed by atoms with Crippen molar-refractivity contribution < 1.29 is 68.8 Å². The normalized spacial score (nSPS) is 7.38. The van der Waals surface area contributed by atoms with Gasteiger partial charge in [-0.2, -0.15) is 4.20 Å². The van der Waals surface area contributed by atoms with Gasteiger partial charge in [0.2, 0.25) is 0 Å². The Labute approximate surface area is 167 Å². The molecule has 0 saturated carbocycles. The zero-order chi connectivity index (χ0) is 8.08. The molecule has 0 rings (SSSR count). The van der Waals surface area contributed by atoms with Crippen molar-refractivity contribution in [1.29, 1.82) is 0 Å². The number of rotatable bonds is 0. The first-order valence-electron chi connectivity index (χ1n) is 1.46. The summed E-state index contributed by atoms with van der Waals surface area (Å²) in [5.41, 5.74) is 0. The van der Waals surface area contributed by atoms with Crippen LogP contribution in [-0.4, -0.2) is 123 Å². The predicted molar refractivity (Wildman–Crippen MR) is 52.7 cm³/mol. The molecule has 6 nitrogen and oxygen atoms in total. The fraction of sp³-hybridized carbons (Fsp3) is 0. The fourth-order valence-electron chi connectivity index (χ4n) is 0. The molecule has 0 bridgehead atoms. The Morgan fingerprint density at radius 2 is 1.00 bits per heavy atom. The molecule has 0 spiro atoms. The molecule has 0 aromatic heterocycles. The van der Waals surface area contributed by atoms with Crippen LogP contribution in [-0.2, 0) is 0 Å². The van der Waals surface area contributed by atoms with Gasteiger partial charge in [-0.05, 0) is 0 Å². The third kappa shape index (κ3) is 179. The number of hydrogen-bond acceptors (Lipinski definition) is 6. The topological polar surface area (TPSA) is 121 Å². The van der Waals surface area contributed by atoms with E-state index in [0.717, 1.165) is 0 Å². The van der Waals surface area contributed by atoms with Crippen molar-refractivity contribution in [2.75, 3.05) is 0 Å². The number of hydrogen-bond donors (Lipinski definition) is 6. The van der Waals surface area contributed by atoms with Crippen LogP contribution in [0.15, 0.2) is 0 Å². The first kappa shape index (κ1) is 36.0. The first-order valence-corrected chi connectivity index (χ1v) is 4.39. The molecule has 0 unspecified atom stereocenters. The molecule has 6 N–H and O–H groups in total. The van der Waals surface area contributed by atoms with E-state index < -0.39 is 17.7 Å². The molecule has 0 saturated heterocycles. The van der Waals surface area contributed by atoms with Crippen LogP contribution in [0.4, 0.5) is 4.20 Å². The van der Waals surface area contributed by atoms with E-state index in [4.69, 9.17) is 29.0 Å². The van der Waals surface area contributed by atoms with Crippen LogP contribution in [0, 0.1) is 35.6 Å². The Balaban J connectivity index is -0.0000000146. The van der Waals surface area contributed by atoms with Gasteiger partial charge in [-0.15, -0.1) is 0 Å². The molecule has 0 heterocycles. The van der Waals surface area contributed by atoms with Gasteiger partial charge in [-0.1, -0.05) is 0 Å². The van der Waals surface area contributed by atoms with Gasteiger partial charge >= 0.3 is 85.0 Å². The summed E-state index contributed by atoms with van der Waals surface area (Å²) >= 11 is 0. The molecule has 0 aromatic rings. The SMILES string of the molecule is OP(O)F.O[Si](O)(O)O.[AlH3].[CaH2].[La].[NaH]. The van der Waals surface area contributed by atoms with E-state index in [2.05, 4.69) is 0 Å². The summed E-state index contributed by atoms with van der Waals surface area (Å²) in [6, 6.07) is 0. The van der Waals surface area contributed by atoms with E-state index in [1.807, 2.05) is 0 Å². The molecule has 0 amide bonds. The van der Waals surface area contributed by atoms with Gasteiger partial charge in [0.05, 0.1) is 0 Å². The van der Waals surface area contributed by atoms with Crippen molar-refractivity contribution in [2.45, 2.75) is 0 Å². The van der Waals surface area contributed by atoms with E-state index in [-0.39, 0.29) is 120 Å². The van der Waals surface area contributed by atoms with Crippen LogP contribution >= 0.6 is 8.69 Å². The van der Waals surface area contributed by atoms with Gasteiger partial charge in [0.25, 0.3) is 0 Å². The molecule has 0 aliphatic carbocycles. The summed E-state index contributed by atoms with van der Waals surface area (Å²) in [7, 11) is -7.73. The minimum atomic E-state index is -4.61. The van der Waals surface area contributed by atoms with Gasteiger partial charge < -0.3 is 29.0 Å². The minimum absolute atomic E-state index is 0. The summed E-state index contributed by atoms with van der Waals surface area (Å²) in [5.74, 6) is 0. The van der Waals surface area contributed by atoms with Gasteiger partial charge in [0.1, 0.15) is 0 Å². The third-order valence-electron chi connectivity index (χ3n) is 0. The van der Waals surface area contributed by atoms with E-state index in [0.29, 0.717) is 0 Å². The van der Waals surface area contributed by atoms with E-state index in [9.17, 15) is 4.20 Å². The van der Waals surface area contributed by atoms with Crippen molar-refractivity contribution in [2.24, 2.45) is 0 Å². The van der Waals surface area contributed by atoms with Gasteiger partial charge in [-0.25, -0.2) is 0 Å². The third-order valence-corrected chi connectivity index (χ3v) is 0. The molecular formula is H12AlCaFLaNaO6PSi. The zero-order valence-corrected chi connectivity index (χ0v) is 10.1. The standard InChI is InChI=1S/Al.Ca.FH2O2P.La.Na.H4O4Si.6H/c;;1-4(2)3;;;1-5(2,3)4;;;;;;/h;;2-3H;;;1-4H;;;;;;. The zero-order valence-electron chi connectivity index (χ0n) is 4.59. The van der Waals surface area contributed by atoms with Crippen LogP contribution in [0.25, 0.3) is 0 Å². The monoisotopic (exact) mass is 415 g/mol. The maximum atomic E-state index is 10.2. The Morgan fingerprint density at radius 3 is 1.00 bits per heavy atom. The number of halogens is 1. The van der Waals surface area contributed by atoms with Crippen molar-refractivity contribution in [3.63, 3.8) is 0 Å². The Kier molecular flexibility index (Phi) is 59.8. The Bertz CT molecular complexity index is 69.4. The average Bonchev–Trinajstić information content (AvgIpc) is 1.19. The second-order valence-electron chi connectivity index (χ2n) is 0.841. The molecule has 1 radical (unpaired) electrons. The van der Waals surface area contributed by atoms with Crippen LogP contribution < -0.4 is 0 Å². The van der Waals surface area contributed by atoms with E-state index >= 15 is 0 Å². The molecule has 13 heavy (non-hydrogen) atoms. The Morgan fingerprint density at radius 1 is 1.00 bits per heavy atom.